The topological polar surface area (TPSA) is 71.1 Å². The second-order valence-electron chi connectivity index (χ2n) is 2.91. The molecule has 72 valence electrons. The summed E-state index contributed by atoms with van der Waals surface area (Å²) in [7, 11) is 0. The maximum atomic E-state index is 11.5. The van der Waals surface area contributed by atoms with Gasteiger partial charge in [0.15, 0.2) is 11.2 Å². The number of carbonyl (C=O) groups excluding carboxylic acids is 1. The van der Waals surface area contributed by atoms with Gasteiger partial charge in [-0.1, -0.05) is 12.1 Å². The molecule has 0 bridgehead atoms. The molecule has 0 aliphatic carbocycles. The van der Waals surface area contributed by atoms with Gasteiger partial charge in [0, 0.05) is 6.07 Å². The first-order valence-corrected chi connectivity index (χ1v) is 4.19. The van der Waals surface area contributed by atoms with Crippen molar-refractivity contribution in [3.63, 3.8) is 0 Å². The van der Waals surface area contributed by atoms with Crippen LogP contribution in [0.25, 0.3) is 11.0 Å². The molecule has 0 fully saturated rings. The Kier molecular flexibility index (Phi) is 2.07. The lowest BCUT2D eigenvalue weighted by molar-refractivity contribution is 0.103. The SMILES string of the molecule is N#CC(=O)c1cc(=O)c2ccccc2o1. The van der Waals surface area contributed by atoms with Crippen molar-refractivity contribution in [2.24, 2.45) is 0 Å². The summed E-state index contributed by atoms with van der Waals surface area (Å²) in [6.07, 6.45) is 0. The maximum Gasteiger partial charge on any atom is 0.297 e. The van der Waals surface area contributed by atoms with Crippen LogP contribution in [-0.4, -0.2) is 5.78 Å². The standard InChI is InChI=1S/C11H5NO3/c12-6-9(14)11-5-8(13)7-3-1-2-4-10(7)15-11/h1-5H. The zero-order chi connectivity index (χ0) is 10.8. The predicted molar refractivity (Wildman–Crippen MR) is 52.4 cm³/mol. The fraction of sp³-hybridized carbons (Fsp3) is 0. The van der Waals surface area contributed by atoms with E-state index in [2.05, 4.69) is 0 Å². The summed E-state index contributed by atoms with van der Waals surface area (Å²) in [4.78, 5) is 22.5. The van der Waals surface area contributed by atoms with Crippen molar-refractivity contribution in [1.29, 1.82) is 5.26 Å². The Morgan fingerprint density at radius 1 is 1.33 bits per heavy atom. The number of hydrogen-bond donors (Lipinski definition) is 0. The van der Waals surface area contributed by atoms with Crippen LogP contribution in [0.5, 0.6) is 0 Å². The zero-order valence-electron chi connectivity index (χ0n) is 7.56. The second-order valence-corrected chi connectivity index (χ2v) is 2.91. The van der Waals surface area contributed by atoms with Crippen LogP contribution in [0.3, 0.4) is 0 Å². The lowest BCUT2D eigenvalue weighted by Crippen LogP contribution is -2.05. The number of benzene rings is 1. The van der Waals surface area contributed by atoms with Crippen molar-refractivity contribution < 1.29 is 9.21 Å². The molecule has 0 radical (unpaired) electrons. The Hall–Kier alpha value is -2.41. The van der Waals surface area contributed by atoms with Gasteiger partial charge in [0.1, 0.15) is 11.7 Å². The van der Waals surface area contributed by atoms with Gasteiger partial charge in [-0.2, -0.15) is 5.26 Å². The minimum atomic E-state index is -0.849. The number of nitriles is 1. The molecule has 0 spiro atoms. The molecule has 4 heteroatoms. The molecule has 15 heavy (non-hydrogen) atoms. The fourth-order valence-electron chi connectivity index (χ4n) is 1.27. The fourth-order valence-corrected chi connectivity index (χ4v) is 1.27. The molecule has 4 nitrogen and oxygen atoms in total. The smallest absolute Gasteiger partial charge is 0.297 e. The Morgan fingerprint density at radius 3 is 2.80 bits per heavy atom. The van der Waals surface area contributed by atoms with E-state index in [1.165, 1.54) is 6.07 Å². The third-order valence-corrected chi connectivity index (χ3v) is 1.96. The Balaban J connectivity index is 2.80. The third-order valence-electron chi connectivity index (χ3n) is 1.96. The second kappa shape index (κ2) is 3.39. The summed E-state index contributed by atoms with van der Waals surface area (Å²) in [5.41, 5.74) is -0.0148. The molecule has 0 unspecified atom stereocenters. The Morgan fingerprint density at radius 2 is 2.07 bits per heavy atom. The molecular formula is C11H5NO3. The van der Waals surface area contributed by atoms with Crippen LogP contribution < -0.4 is 5.43 Å². The number of rotatable bonds is 1. The summed E-state index contributed by atoms with van der Waals surface area (Å²) in [6, 6.07) is 9.00. The summed E-state index contributed by atoms with van der Waals surface area (Å²) >= 11 is 0. The van der Waals surface area contributed by atoms with Crippen LogP contribution >= 0.6 is 0 Å². The summed E-state index contributed by atoms with van der Waals surface area (Å²) in [5, 5.41) is 8.78. The predicted octanol–water partition coefficient (Wildman–Crippen LogP) is 1.50. The highest BCUT2D eigenvalue weighted by Crippen LogP contribution is 2.11. The molecule has 0 N–H and O–H groups in total. The van der Waals surface area contributed by atoms with Crippen LogP contribution in [0.2, 0.25) is 0 Å². The first kappa shape index (κ1) is 9.16. The van der Waals surface area contributed by atoms with Crippen molar-refractivity contribution in [2.75, 3.05) is 0 Å². The van der Waals surface area contributed by atoms with Crippen molar-refractivity contribution in [2.45, 2.75) is 0 Å². The van der Waals surface area contributed by atoms with Crippen molar-refractivity contribution >= 4 is 16.8 Å². The molecule has 2 rings (SSSR count). The first-order chi connectivity index (χ1) is 7.22. The molecule has 0 saturated heterocycles. The van der Waals surface area contributed by atoms with Gasteiger partial charge < -0.3 is 4.42 Å². The normalized spacial score (nSPS) is 9.80. The zero-order valence-corrected chi connectivity index (χ0v) is 7.56. The number of ketones is 1. The third kappa shape index (κ3) is 1.51. The Bertz CT molecular complexity index is 634. The monoisotopic (exact) mass is 199 g/mol. The number of Topliss-reactive ketones (excluding diaryl/α,β-unsaturated/α-hetero) is 1. The summed E-state index contributed by atoms with van der Waals surface area (Å²) in [5.74, 6) is -1.07. The lowest BCUT2D eigenvalue weighted by atomic mass is 10.2. The van der Waals surface area contributed by atoms with Crippen LogP contribution in [0.1, 0.15) is 10.6 Å². The van der Waals surface area contributed by atoms with Gasteiger partial charge >= 0.3 is 0 Å². The van der Waals surface area contributed by atoms with E-state index in [1.54, 1.807) is 24.3 Å². The van der Waals surface area contributed by atoms with E-state index in [0.717, 1.165) is 6.07 Å². The average molecular weight is 199 g/mol. The number of carbonyl (C=O) groups is 1. The van der Waals surface area contributed by atoms with Crippen LogP contribution in [0.15, 0.2) is 39.5 Å². The molecule has 1 aromatic carbocycles. The summed E-state index contributed by atoms with van der Waals surface area (Å²) < 4.78 is 5.12. The quantitative estimate of drug-likeness (QED) is 0.515. The number of fused-ring (bicyclic) bond motifs is 1. The van der Waals surface area contributed by atoms with E-state index < -0.39 is 5.78 Å². The molecule has 0 amide bonds. The summed E-state index contributed by atoms with van der Waals surface area (Å²) in [6.45, 7) is 0. The van der Waals surface area contributed by atoms with Gasteiger partial charge in [0.2, 0.25) is 0 Å². The minimum Gasteiger partial charge on any atom is -0.452 e. The molecule has 0 aliphatic heterocycles. The minimum absolute atomic E-state index is 0.221. The van der Waals surface area contributed by atoms with E-state index in [9.17, 15) is 9.59 Å². The van der Waals surface area contributed by atoms with Gasteiger partial charge in [-0.25, -0.2) is 0 Å². The molecule has 0 atom stereocenters. The first-order valence-electron chi connectivity index (χ1n) is 4.19. The van der Waals surface area contributed by atoms with Gasteiger partial charge in [-0.15, -0.1) is 0 Å². The van der Waals surface area contributed by atoms with E-state index >= 15 is 0 Å². The van der Waals surface area contributed by atoms with Gasteiger partial charge in [0.05, 0.1) is 5.39 Å². The maximum absolute atomic E-state index is 11.5. The molecule has 1 heterocycles. The molecule has 0 aliphatic rings. The van der Waals surface area contributed by atoms with Gasteiger partial charge in [-0.3, -0.25) is 9.59 Å². The van der Waals surface area contributed by atoms with Gasteiger partial charge in [-0.05, 0) is 12.1 Å². The number of hydrogen-bond acceptors (Lipinski definition) is 4. The van der Waals surface area contributed by atoms with Crippen LogP contribution in [0.4, 0.5) is 0 Å². The van der Waals surface area contributed by atoms with Crippen molar-refractivity contribution in [3.8, 4) is 6.07 Å². The molecule has 2 aromatic rings. The van der Waals surface area contributed by atoms with Gasteiger partial charge in [0.25, 0.3) is 5.78 Å². The molecule has 0 saturated carbocycles. The van der Waals surface area contributed by atoms with Crippen LogP contribution in [0, 0.1) is 11.3 Å². The van der Waals surface area contributed by atoms with Crippen molar-refractivity contribution in [3.05, 3.63) is 46.3 Å². The molecule has 1 aromatic heterocycles. The van der Waals surface area contributed by atoms with E-state index in [0.29, 0.717) is 11.0 Å². The highest BCUT2D eigenvalue weighted by Gasteiger charge is 2.10. The van der Waals surface area contributed by atoms with E-state index in [1.807, 2.05) is 0 Å². The highest BCUT2D eigenvalue weighted by molar-refractivity contribution is 6.06. The lowest BCUT2D eigenvalue weighted by Gasteiger charge is -1.97. The number of nitrogens with zero attached hydrogens (tertiary/aromatic N) is 1. The Labute approximate surface area is 84.4 Å². The average Bonchev–Trinajstić information content (AvgIpc) is 2.28. The van der Waals surface area contributed by atoms with E-state index in [4.69, 9.17) is 9.68 Å². The van der Waals surface area contributed by atoms with Crippen LogP contribution in [-0.2, 0) is 0 Å². The largest absolute Gasteiger partial charge is 0.452 e. The number of para-hydroxylation sites is 1. The molecular weight excluding hydrogens is 194 g/mol. The highest BCUT2D eigenvalue weighted by atomic mass is 16.3. The van der Waals surface area contributed by atoms with E-state index in [-0.39, 0.29) is 11.2 Å². The van der Waals surface area contributed by atoms with Crippen molar-refractivity contribution in [1.82, 2.24) is 0 Å².